The predicted octanol–water partition coefficient (Wildman–Crippen LogP) is 2.62. The first-order valence-corrected chi connectivity index (χ1v) is 6.49. The second kappa shape index (κ2) is 6.03. The van der Waals surface area contributed by atoms with E-state index in [1.807, 2.05) is 0 Å². The Morgan fingerprint density at radius 3 is 2.40 bits per heavy atom. The number of nitrogens with one attached hydrogen (secondary N) is 2. The van der Waals surface area contributed by atoms with Crippen LogP contribution >= 0.6 is 0 Å². The van der Waals surface area contributed by atoms with Crippen LogP contribution in [0.2, 0.25) is 0 Å². The van der Waals surface area contributed by atoms with E-state index in [0.717, 1.165) is 5.56 Å². The average Bonchev–Trinajstić information content (AvgIpc) is 2.32. The van der Waals surface area contributed by atoms with Crippen molar-refractivity contribution in [1.82, 2.24) is 5.32 Å². The Hall–Kier alpha value is -1.91. The molecule has 20 heavy (non-hydrogen) atoms. The van der Waals surface area contributed by atoms with Gasteiger partial charge in [0.2, 0.25) is 11.8 Å². The summed E-state index contributed by atoms with van der Waals surface area (Å²) in [7, 11) is 0. The van der Waals surface area contributed by atoms with Gasteiger partial charge in [0.05, 0.1) is 0 Å². The number of rotatable bonds is 3. The Morgan fingerprint density at radius 2 is 1.85 bits per heavy atom. The third-order valence-electron chi connectivity index (χ3n) is 2.88. The third-order valence-corrected chi connectivity index (χ3v) is 2.88. The van der Waals surface area contributed by atoms with Crippen LogP contribution in [0.1, 0.15) is 33.3 Å². The molecular weight excluding hydrogens is 259 g/mol. The van der Waals surface area contributed by atoms with Crippen molar-refractivity contribution in [2.24, 2.45) is 5.41 Å². The third kappa shape index (κ3) is 4.33. The number of amides is 2. The van der Waals surface area contributed by atoms with Crippen molar-refractivity contribution in [3.8, 4) is 0 Å². The lowest BCUT2D eigenvalue weighted by Gasteiger charge is -2.21. The van der Waals surface area contributed by atoms with E-state index in [9.17, 15) is 14.0 Å². The van der Waals surface area contributed by atoms with Gasteiger partial charge in [-0.1, -0.05) is 26.8 Å². The Labute approximate surface area is 118 Å². The maximum Gasteiger partial charge on any atom is 0.246 e. The molecule has 0 heterocycles. The lowest BCUT2D eigenvalue weighted by molar-refractivity contribution is -0.131. The zero-order chi connectivity index (χ0) is 15.5. The van der Waals surface area contributed by atoms with Crippen LogP contribution in [0.15, 0.2) is 18.2 Å². The van der Waals surface area contributed by atoms with Gasteiger partial charge in [-0.3, -0.25) is 9.59 Å². The van der Waals surface area contributed by atoms with Crippen LogP contribution < -0.4 is 10.6 Å². The largest absolute Gasteiger partial charge is 0.344 e. The van der Waals surface area contributed by atoms with E-state index < -0.39 is 17.3 Å². The highest BCUT2D eigenvalue weighted by Crippen LogP contribution is 2.17. The molecule has 1 aromatic rings. The summed E-state index contributed by atoms with van der Waals surface area (Å²) in [4.78, 5) is 23.8. The fraction of sp³-hybridized carbons (Fsp3) is 0.467. The van der Waals surface area contributed by atoms with E-state index in [-0.39, 0.29) is 11.8 Å². The summed E-state index contributed by atoms with van der Waals surface area (Å²) in [5, 5.41) is 5.24. The zero-order valence-electron chi connectivity index (χ0n) is 12.5. The molecule has 0 unspecified atom stereocenters. The summed E-state index contributed by atoms with van der Waals surface area (Å²) in [5.41, 5.74) is 0.601. The standard InChI is InChI=1S/C15H21FN2O2/c1-9-6-7-11(16)8-12(9)18-13(19)10(2)17-14(20)15(3,4)5/h6-8,10H,1-5H3,(H,17,20)(H,18,19)/t10-/m0/s1. The zero-order valence-corrected chi connectivity index (χ0v) is 12.5. The summed E-state index contributed by atoms with van der Waals surface area (Å²) in [6, 6.07) is 3.48. The lowest BCUT2D eigenvalue weighted by Crippen LogP contribution is -2.46. The molecule has 0 aliphatic rings. The van der Waals surface area contributed by atoms with Gasteiger partial charge in [-0.05, 0) is 31.5 Å². The molecule has 1 aromatic carbocycles. The van der Waals surface area contributed by atoms with Crippen LogP contribution in [0, 0.1) is 18.2 Å². The minimum Gasteiger partial charge on any atom is -0.344 e. The number of halogens is 1. The smallest absolute Gasteiger partial charge is 0.246 e. The quantitative estimate of drug-likeness (QED) is 0.894. The van der Waals surface area contributed by atoms with Crippen molar-refractivity contribution in [2.75, 3.05) is 5.32 Å². The molecule has 0 bridgehead atoms. The molecule has 0 saturated heterocycles. The molecule has 0 fully saturated rings. The van der Waals surface area contributed by atoms with Gasteiger partial charge >= 0.3 is 0 Å². The minimum atomic E-state index is -0.690. The fourth-order valence-electron chi connectivity index (χ4n) is 1.45. The van der Waals surface area contributed by atoms with Gasteiger partial charge < -0.3 is 10.6 Å². The molecule has 2 amide bonds. The van der Waals surface area contributed by atoms with Gasteiger partial charge in [0.15, 0.2) is 0 Å². The average molecular weight is 280 g/mol. The monoisotopic (exact) mass is 280 g/mol. The van der Waals surface area contributed by atoms with Gasteiger partial charge in [-0.2, -0.15) is 0 Å². The predicted molar refractivity (Wildman–Crippen MR) is 76.8 cm³/mol. The molecule has 2 N–H and O–H groups in total. The van der Waals surface area contributed by atoms with Crippen molar-refractivity contribution in [3.63, 3.8) is 0 Å². The maximum absolute atomic E-state index is 13.1. The summed E-state index contributed by atoms with van der Waals surface area (Å²) in [5.74, 6) is -1.01. The topological polar surface area (TPSA) is 58.2 Å². The molecule has 1 rings (SSSR count). The van der Waals surface area contributed by atoms with E-state index in [1.165, 1.54) is 12.1 Å². The van der Waals surface area contributed by atoms with Crippen LogP contribution in [0.5, 0.6) is 0 Å². The van der Waals surface area contributed by atoms with Crippen LogP contribution in [0.4, 0.5) is 10.1 Å². The van der Waals surface area contributed by atoms with Crippen LogP contribution in [-0.4, -0.2) is 17.9 Å². The number of aryl methyl sites for hydroxylation is 1. The second-order valence-electron chi connectivity index (χ2n) is 5.89. The molecule has 5 heteroatoms. The van der Waals surface area contributed by atoms with Gasteiger partial charge in [-0.15, -0.1) is 0 Å². The number of carbonyl (C=O) groups is 2. The highest BCUT2D eigenvalue weighted by Gasteiger charge is 2.25. The Kier molecular flexibility index (Phi) is 4.87. The van der Waals surface area contributed by atoms with E-state index in [0.29, 0.717) is 5.69 Å². The summed E-state index contributed by atoms with van der Waals surface area (Å²) in [6.45, 7) is 8.66. The van der Waals surface area contributed by atoms with Gasteiger partial charge in [0.1, 0.15) is 11.9 Å². The van der Waals surface area contributed by atoms with Crippen LogP contribution in [-0.2, 0) is 9.59 Å². The van der Waals surface area contributed by atoms with Crippen molar-refractivity contribution >= 4 is 17.5 Å². The van der Waals surface area contributed by atoms with Gasteiger partial charge in [0, 0.05) is 11.1 Å². The number of anilines is 1. The lowest BCUT2D eigenvalue weighted by atomic mass is 9.95. The highest BCUT2D eigenvalue weighted by molar-refractivity contribution is 5.97. The normalized spacial score (nSPS) is 12.7. The molecular formula is C15H21FN2O2. The molecule has 110 valence electrons. The van der Waals surface area contributed by atoms with Gasteiger partial charge in [0.25, 0.3) is 0 Å². The molecule has 0 radical (unpaired) electrons. The number of hydrogen-bond acceptors (Lipinski definition) is 2. The Morgan fingerprint density at radius 1 is 1.25 bits per heavy atom. The summed E-state index contributed by atoms with van der Waals surface area (Å²) >= 11 is 0. The Bertz CT molecular complexity index is 521. The molecule has 1 atom stereocenters. The summed E-state index contributed by atoms with van der Waals surface area (Å²) in [6.07, 6.45) is 0. The maximum atomic E-state index is 13.1. The first-order chi connectivity index (χ1) is 9.11. The molecule has 0 saturated carbocycles. The fourth-order valence-corrected chi connectivity index (χ4v) is 1.45. The van der Waals surface area contributed by atoms with E-state index >= 15 is 0 Å². The number of benzene rings is 1. The molecule has 4 nitrogen and oxygen atoms in total. The molecule has 0 aromatic heterocycles. The van der Waals surface area contributed by atoms with E-state index in [1.54, 1.807) is 40.7 Å². The van der Waals surface area contributed by atoms with Crippen LogP contribution in [0.25, 0.3) is 0 Å². The van der Waals surface area contributed by atoms with Gasteiger partial charge in [-0.25, -0.2) is 4.39 Å². The van der Waals surface area contributed by atoms with E-state index in [2.05, 4.69) is 10.6 Å². The molecule has 0 aliphatic heterocycles. The highest BCUT2D eigenvalue weighted by atomic mass is 19.1. The first kappa shape index (κ1) is 16.1. The SMILES string of the molecule is Cc1ccc(F)cc1NC(=O)[C@H](C)NC(=O)C(C)(C)C. The first-order valence-electron chi connectivity index (χ1n) is 6.49. The van der Waals surface area contributed by atoms with E-state index in [4.69, 9.17) is 0 Å². The molecule has 0 spiro atoms. The van der Waals surface area contributed by atoms with Crippen molar-refractivity contribution in [3.05, 3.63) is 29.6 Å². The number of carbonyl (C=O) groups excluding carboxylic acids is 2. The Balaban J connectivity index is 2.71. The number of hydrogen-bond donors (Lipinski definition) is 2. The van der Waals surface area contributed by atoms with Crippen molar-refractivity contribution in [1.29, 1.82) is 0 Å². The molecule has 0 aliphatic carbocycles. The second-order valence-corrected chi connectivity index (χ2v) is 5.89. The van der Waals surface area contributed by atoms with Crippen molar-refractivity contribution < 1.29 is 14.0 Å². The summed E-state index contributed by atoms with van der Waals surface area (Å²) < 4.78 is 13.1. The van der Waals surface area contributed by atoms with Crippen molar-refractivity contribution in [2.45, 2.75) is 40.7 Å². The van der Waals surface area contributed by atoms with Crippen LogP contribution in [0.3, 0.4) is 0 Å². The minimum absolute atomic E-state index is 0.212.